The molecule has 0 spiro atoms. The van der Waals surface area contributed by atoms with Gasteiger partial charge >= 0.3 is 0 Å². The lowest BCUT2D eigenvalue weighted by atomic mass is 9.87. The van der Waals surface area contributed by atoms with Gasteiger partial charge in [-0.1, -0.05) is 23.7 Å². The molecule has 0 unspecified atom stereocenters. The summed E-state index contributed by atoms with van der Waals surface area (Å²) in [6, 6.07) is 11.4. The fraction of sp³-hybridized carbons (Fsp3) is 0.458. The number of carbonyl (C=O) groups is 1. The third kappa shape index (κ3) is 5.43. The number of hydrogen-bond acceptors (Lipinski definition) is 5. The number of nitrogens with two attached hydrogens (primary N) is 1. The summed E-state index contributed by atoms with van der Waals surface area (Å²) in [6.45, 7) is 4.20. The fourth-order valence-electron chi connectivity index (χ4n) is 4.70. The molecule has 1 aromatic heterocycles. The van der Waals surface area contributed by atoms with Gasteiger partial charge in [-0.3, -0.25) is 9.69 Å². The third-order valence-electron chi connectivity index (χ3n) is 6.56. The molecule has 0 aliphatic carbocycles. The molecule has 1 amide bonds. The molecule has 1 aromatic carbocycles. The average molecular weight is 440 g/mol. The molecule has 3 N–H and O–H groups in total. The highest BCUT2D eigenvalue weighted by molar-refractivity contribution is 6.30. The van der Waals surface area contributed by atoms with Crippen LogP contribution in [-0.2, 0) is 11.3 Å². The predicted molar refractivity (Wildman–Crippen MR) is 124 cm³/mol. The summed E-state index contributed by atoms with van der Waals surface area (Å²) >= 11 is 5.96. The van der Waals surface area contributed by atoms with E-state index in [1.165, 1.54) is 5.56 Å². The van der Waals surface area contributed by atoms with Crippen molar-refractivity contribution >= 4 is 29.0 Å². The number of carbonyl (C=O) groups excluding carboxylic acids is 1. The Morgan fingerprint density at radius 2 is 1.68 bits per heavy atom. The SMILES string of the molecule is N=C(c1ccc(Cl)cc1)C1CCN(C(=O)C2CCN(Cc3ccnc(N)c3)CC2)CC1. The molecule has 7 heteroatoms. The Morgan fingerprint density at radius 3 is 2.32 bits per heavy atom. The molecule has 0 bridgehead atoms. The Bertz CT molecular complexity index is 916. The number of piperidine rings is 2. The zero-order valence-corrected chi connectivity index (χ0v) is 18.5. The van der Waals surface area contributed by atoms with Gasteiger partial charge in [0.1, 0.15) is 5.82 Å². The number of likely N-dealkylation sites (tertiary alicyclic amines) is 2. The number of amides is 1. The number of benzene rings is 1. The first-order chi connectivity index (χ1) is 15.0. The second kappa shape index (κ2) is 9.79. The molecule has 0 radical (unpaired) electrons. The zero-order chi connectivity index (χ0) is 21.8. The smallest absolute Gasteiger partial charge is 0.225 e. The molecular weight excluding hydrogens is 410 g/mol. The molecule has 2 aliphatic rings. The number of nitrogens with zero attached hydrogens (tertiary/aromatic N) is 3. The highest BCUT2D eigenvalue weighted by Crippen LogP contribution is 2.26. The van der Waals surface area contributed by atoms with Crippen LogP contribution >= 0.6 is 11.6 Å². The normalized spacial score (nSPS) is 18.8. The van der Waals surface area contributed by atoms with Crippen molar-refractivity contribution in [2.45, 2.75) is 32.2 Å². The predicted octanol–water partition coefficient (Wildman–Crippen LogP) is 3.84. The maximum absolute atomic E-state index is 13.1. The van der Waals surface area contributed by atoms with E-state index in [2.05, 4.69) is 9.88 Å². The monoisotopic (exact) mass is 439 g/mol. The van der Waals surface area contributed by atoms with Gasteiger partial charge in [0.25, 0.3) is 0 Å². The second-order valence-electron chi connectivity index (χ2n) is 8.66. The number of hydrogen-bond donors (Lipinski definition) is 2. The topological polar surface area (TPSA) is 86.3 Å². The summed E-state index contributed by atoms with van der Waals surface area (Å²) in [5.74, 6) is 1.17. The highest BCUT2D eigenvalue weighted by Gasteiger charge is 2.32. The summed E-state index contributed by atoms with van der Waals surface area (Å²) in [6.07, 6.45) is 5.27. The summed E-state index contributed by atoms with van der Waals surface area (Å²) in [5.41, 5.74) is 8.54. The lowest BCUT2D eigenvalue weighted by Gasteiger charge is -2.37. The minimum Gasteiger partial charge on any atom is -0.384 e. The number of pyridine rings is 1. The molecule has 164 valence electrons. The molecule has 4 rings (SSSR count). The van der Waals surface area contributed by atoms with E-state index < -0.39 is 0 Å². The summed E-state index contributed by atoms with van der Waals surface area (Å²) < 4.78 is 0. The van der Waals surface area contributed by atoms with E-state index in [1.807, 2.05) is 41.3 Å². The van der Waals surface area contributed by atoms with Crippen molar-refractivity contribution in [3.8, 4) is 0 Å². The number of nitrogens with one attached hydrogen (secondary N) is 1. The minimum absolute atomic E-state index is 0.117. The Morgan fingerprint density at radius 1 is 1.03 bits per heavy atom. The van der Waals surface area contributed by atoms with Gasteiger partial charge < -0.3 is 16.0 Å². The molecule has 2 aromatic rings. The molecule has 0 saturated carbocycles. The quantitative estimate of drug-likeness (QED) is 0.693. The van der Waals surface area contributed by atoms with Crippen LogP contribution in [0.1, 0.15) is 36.8 Å². The molecule has 31 heavy (non-hydrogen) atoms. The first kappa shape index (κ1) is 21.8. The van der Waals surface area contributed by atoms with Gasteiger partial charge in [-0.2, -0.15) is 0 Å². The molecule has 3 heterocycles. The molecular formula is C24H30ClN5O. The van der Waals surface area contributed by atoms with Crippen molar-refractivity contribution in [1.29, 1.82) is 5.41 Å². The second-order valence-corrected chi connectivity index (χ2v) is 9.10. The summed E-state index contributed by atoms with van der Waals surface area (Å²) in [7, 11) is 0. The summed E-state index contributed by atoms with van der Waals surface area (Å²) in [4.78, 5) is 21.5. The van der Waals surface area contributed by atoms with Gasteiger partial charge in [0.15, 0.2) is 0 Å². The summed E-state index contributed by atoms with van der Waals surface area (Å²) in [5, 5.41) is 9.22. The number of halogens is 1. The molecule has 2 aliphatic heterocycles. The van der Waals surface area contributed by atoms with Crippen LogP contribution in [0.25, 0.3) is 0 Å². The van der Waals surface area contributed by atoms with Crippen LogP contribution in [0.15, 0.2) is 42.6 Å². The van der Waals surface area contributed by atoms with Crippen molar-refractivity contribution in [1.82, 2.24) is 14.8 Å². The van der Waals surface area contributed by atoms with Crippen molar-refractivity contribution in [3.05, 3.63) is 58.7 Å². The van der Waals surface area contributed by atoms with Crippen LogP contribution in [0.5, 0.6) is 0 Å². The maximum Gasteiger partial charge on any atom is 0.225 e. The van der Waals surface area contributed by atoms with E-state index >= 15 is 0 Å². The van der Waals surface area contributed by atoms with E-state index in [-0.39, 0.29) is 11.8 Å². The van der Waals surface area contributed by atoms with E-state index in [4.69, 9.17) is 22.7 Å². The maximum atomic E-state index is 13.1. The van der Waals surface area contributed by atoms with Gasteiger partial charge in [0.2, 0.25) is 5.91 Å². The van der Waals surface area contributed by atoms with E-state index in [1.54, 1.807) is 6.20 Å². The first-order valence-corrected chi connectivity index (χ1v) is 11.4. The molecule has 2 fully saturated rings. The van der Waals surface area contributed by atoms with Crippen LogP contribution in [0.2, 0.25) is 5.02 Å². The van der Waals surface area contributed by atoms with Gasteiger partial charge in [-0.25, -0.2) is 4.98 Å². The lowest BCUT2D eigenvalue weighted by molar-refractivity contribution is -0.138. The van der Waals surface area contributed by atoms with E-state index in [0.29, 0.717) is 22.5 Å². The Balaban J connectivity index is 1.24. The Hall–Kier alpha value is -2.44. The fourth-order valence-corrected chi connectivity index (χ4v) is 4.83. The Labute approximate surface area is 188 Å². The lowest BCUT2D eigenvalue weighted by Crippen LogP contribution is -2.46. The zero-order valence-electron chi connectivity index (χ0n) is 17.8. The van der Waals surface area contributed by atoms with Gasteiger partial charge in [-0.05, 0) is 74.2 Å². The van der Waals surface area contributed by atoms with Crippen molar-refractivity contribution in [3.63, 3.8) is 0 Å². The first-order valence-electron chi connectivity index (χ1n) is 11.1. The van der Waals surface area contributed by atoms with Crippen LogP contribution in [0, 0.1) is 17.2 Å². The van der Waals surface area contributed by atoms with Crippen LogP contribution in [0.4, 0.5) is 5.82 Å². The molecule has 6 nitrogen and oxygen atoms in total. The highest BCUT2D eigenvalue weighted by atomic mass is 35.5. The number of nitrogen functional groups attached to an aromatic ring is 1. The number of anilines is 1. The average Bonchev–Trinajstić information content (AvgIpc) is 2.79. The van der Waals surface area contributed by atoms with Gasteiger partial charge in [0, 0.05) is 48.4 Å². The van der Waals surface area contributed by atoms with Crippen LogP contribution in [0.3, 0.4) is 0 Å². The standard InChI is InChI=1S/C24H30ClN5O/c25-21-3-1-18(2-4-21)23(27)19-8-13-30(14-9-19)24(31)20-6-11-29(12-7-20)16-17-5-10-28-22(26)15-17/h1-5,10,15,19-20,27H,6-9,11-14,16H2,(H2,26,28). The van der Waals surface area contributed by atoms with Crippen LogP contribution < -0.4 is 5.73 Å². The van der Waals surface area contributed by atoms with Crippen molar-refractivity contribution in [2.24, 2.45) is 11.8 Å². The van der Waals surface area contributed by atoms with E-state index in [9.17, 15) is 4.79 Å². The number of rotatable bonds is 5. The Kier molecular flexibility index (Phi) is 6.88. The van der Waals surface area contributed by atoms with Gasteiger partial charge in [0.05, 0.1) is 0 Å². The van der Waals surface area contributed by atoms with Crippen molar-refractivity contribution in [2.75, 3.05) is 31.9 Å². The van der Waals surface area contributed by atoms with Crippen LogP contribution in [-0.4, -0.2) is 52.6 Å². The number of aromatic nitrogens is 1. The third-order valence-corrected chi connectivity index (χ3v) is 6.81. The minimum atomic E-state index is 0.117. The largest absolute Gasteiger partial charge is 0.384 e. The molecule has 0 atom stereocenters. The molecule has 2 saturated heterocycles. The van der Waals surface area contributed by atoms with Gasteiger partial charge in [-0.15, -0.1) is 0 Å². The van der Waals surface area contributed by atoms with E-state index in [0.717, 1.165) is 64.0 Å². The van der Waals surface area contributed by atoms with Crippen molar-refractivity contribution < 1.29 is 4.79 Å².